The fraction of sp³-hybridized carbons (Fsp3) is 0.467. The van der Waals surface area contributed by atoms with Crippen LogP contribution < -0.4 is 0 Å². The van der Waals surface area contributed by atoms with E-state index >= 15 is 0 Å². The molecule has 110 valence electrons. The third-order valence-electron chi connectivity index (χ3n) is 2.76. The highest BCUT2D eigenvalue weighted by molar-refractivity contribution is 14.1. The van der Waals surface area contributed by atoms with Gasteiger partial charge in [-0.05, 0) is 61.1 Å². The zero-order valence-corrected chi connectivity index (χ0v) is 14.4. The monoisotopic (exact) mass is 389 g/mol. The summed E-state index contributed by atoms with van der Waals surface area (Å²) in [5.41, 5.74) is 1.96. The third kappa shape index (κ3) is 5.90. The molecule has 0 spiro atoms. The zero-order valence-electron chi connectivity index (χ0n) is 12.2. The largest absolute Gasteiger partial charge is 0.494 e. The first-order chi connectivity index (χ1) is 9.42. The van der Waals surface area contributed by atoms with E-state index in [9.17, 15) is 4.79 Å². The second-order valence-corrected chi connectivity index (χ2v) is 6.11. The van der Waals surface area contributed by atoms with E-state index in [2.05, 4.69) is 27.6 Å². The van der Waals surface area contributed by atoms with E-state index < -0.39 is 0 Å². The van der Waals surface area contributed by atoms with E-state index in [0.717, 1.165) is 15.0 Å². The molecule has 0 aromatic rings. The molecule has 2 unspecified atom stereocenters. The predicted octanol–water partition coefficient (Wildman–Crippen LogP) is 3.92. The maximum absolute atomic E-state index is 11.0. The lowest BCUT2D eigenvalue weighted by atomic mass is 10.0. The molecule has 1 rings (SSSR count). The van der Waals surface area contributed by atoms with Crippen LogP contribution in [0, 0.1) is 0 Å². The Morgan fingerprint density at radius 3 is 2.70 bits per heavy atom. The van der Waals surface area contributed by atoms with Crippen LogP contribution in [0.2, 0.25) is 0 Å². The first-order valence-electron chi connectivity index (χ1n) is 6.47. The second-order valence-electron chi connectivity index (χ2n) is 4.55. The lowest BCUT2D eigenvalue weighted by molar-refractivity contribution is -0.145. The minimum Gasteiger partial charge on any atom is -0.494 e. The maximum Gasteiger partial charge on any atom is 0.303 e. The number of ether oxygens (including phenoxy) is 2. The van der Waals surface area contributed by atoms with Gasteiger partial charge in [-0.1, -0.05) is 6.08 Å². The van der Waals surface area contributed by atoms with Gasteiger partial charge in [0.05, 0.1) is 15.7 Å². The number of allylic oxidation sites excluding steroid dienone is 2. The summed E-state index contributed by atoms with van der Waals surface area (Å²) in [5.74, 6) is -0.277. The van der Waals surface area contributed by atoms with Gasteiger partial charge in [-0.15, -0.1) is 0 Å². The van der Waals surface area contributed by atoms with E-state index in [0.29, 0.717) is 6.42 Å². The number of nitrogens with zero attached hydrogens (tertiary/aromatic N) is 1. The molecule has 0 N–H and O–H groups in total. The van der Waals surface area contributed by atoms with Gasteiger partial charge in [0, 0.05) is 13.3 Å². The van der Waals surface area contributed by atoms with Crippen molar-refractivity contribution in [2.24, 2.45) is 4.99 Å². The van der Waals surface area contributed by atoms with Crippen molar-refractivity contribution in [3.8, 4) is 0 Å². The van der Waals surface area contributed by atoms with Crippen LogP contribution in [0.3, 0.4) is 0 Å². The van der Waals surface area contributed by atoms with Crippen molar-refractivity contribution in [1.82, 2.24) is 0 Å². The van der Waals surface area contributed by atoms with Crippen LogP contribution in [0.5, 0.6) is 0 Å². The van der Waals surface area contributed by atoms with Crippen molar-refractivity contribution >= 4 is 32.3 Å². The molecular formula is C15H20INO3. The van der Waals surface area contributed by atoms with Gasteiger partial charge in [0.1, 0.15) is 12.2 Å². The SMILES string of the molecule is C/C=C(/C=C(\C)C1CC(OC(C)=O)C=CO1)N=C(C)I. The predicted molar refractivity (Wildman–Crippen MR) is 88.8 cm³/mol. The highest BCUT2D eigenvalue weighted by Crippen LogP contribution is 2.22. The Balaban J connectivity index is 2.77. The quantitative estimate of drug-likeness (QED) is 0.317. The lowest BCUT2D eigenvalue weighted by Gasteiger charge is -2.25. The standard InChI is InChI=1S/C15H20INO3/c1-5-13(17-11(3)16)8-10(2)15-9-14(6-7-19-15)20-12(4)18/h5-8,14-15H,9H2,1-4H3/b10-8+,13-5-,17-11?. The van der Waals surface area contributed by atoms with Crippen molar-refractivity contribution in [1.29, 1.82) is 0 Å². The summed E-state index contributed by atoms with van der Waals surface area (Å²) in [7, 11) is 0. The fourth-order valence-electron chi connectivity index (χ4n) is 1.85. The molecule has 1 aliphatic rings. The van der Waals surface area contributed by atoms with Crippen LogP contribution in [0.4, 0.5) is 0 Å². The highest BCUT2D eigenvalue weighted by Gasteiger charge is 2.22. The van der Waals surface area contributed by atoms with Gasteiger partial charge in [-0.2, -0.15) is 0 Å². The smallest absolute Gasteiger partial charge is 0.303 e. The lowest BCUT2D eigenvalue weighted by Crippen LogP contribution is -2.26. The number of esters is 1. The summed E-state index contributed by atoms with van der Waals surface area (Å²) < 4.78 is 11.7. The molecule has 5 heteroatoms. The van der Waals surface area contributed by atoms with E-state index in [1.807, 2.05) is 32.9 Å². The zero-order chi connectivity index (χ0) is 15.1. The number of hydrogen-bond donors (Lipinski definition) is 0. The average Bonchev–Trinajstić information content (AvgIpc) is 2.36. The Morgan fingerprint density at radius 2 is 2.15 bits per heavy atom. The molecule has 1 aliphatic heterocycles. The number of carbonyl (C=O) groups excluding carboxylic acids is 1. The number of rotatable bonds is 4. The van der Waals surface area contributed by atoms with Crippen LogP contribution >= 0.6 is 22.6 Å². The first kappa shape index (κ1) is 16.9. The van der Waals surface area contributed by atoms with E-state index in [1.54, 1.807) is 12.3 Å². The van der Waals surface area contributed by atoms with Crippen LogP contribution in [-0.4, -0.2) is 21.9 Å². The molecule has 0 saturated heterocycles. The van der Waals surface area contributed by atoms with Gasteiger partial charge in [-0.25, -0.2) is 4.99 Å². The van der Waals surface area contributed by atoms with Gasteiger partial charge in [0.25, 0.3) is 0 Å². The first-order valence-corrected chi connectivity index (χ1v) is 7.55. The van der Waals surface area contributed by atoms with Gasteiger partial charge in [0.2, 0.25) is 0 Å². The second kappa shape index (κ2) is 8.24. The molecule has 4 nitrogen and oxygen atoms in total. The molecule has 0 amide bonds. The summed E-state index contributed by atoms with van der Waals surface area (Å²) >= 11 is 2.18. The summed E-state index contributed by atoms with van der Waals surface area (Å²) in [6.07, 6.45) is 7.62. The van der Waals surface area contributed by atoms with Gasteiger partial charge >= 0.3 is 5.97 Å². The average molecular weight is 389 g/mol. The Morgan fingerprint density at radius 1 is 1.45 bits per heavy atom. The van der Waals surface area contributed by atoms with Crippen molar-refractivity contribution in [3.05, 3.63) is 35.8 Å². The number of carbonyl (C=O) groups is 1. The molecule has 0 bridgehead atoms. The van der Waals surface area contributed by atoms with Crippen molar-refractivity contribution in [2.45, 2.75) is 46.3 Å². The minimum atomic E-state index is -0.277. The summed E-state index contributed by atoms with van der Waals surface area (Å²) in [6, 6.07) is 0. The van der Waals surface area contributed by atoms with Crippen molar-refractivity contribution in [3.63, 3.8) is 0 Å². The Hall–Kier alpha value is -1.11. The maximum atomic E-state index is 11.0. The summed E-state index contributed by atoms with van der Waals surface area (Å²) in [4.78, 5) is 15.4. The molecule has 0 saturated carbocycles. The molecular weight excluding hydrogens is 369 g/mol. The topological polar surface area (TPSA) is 47.9 Å². The molecule has 0 fully saturated rings. The highest BCUT2D eigenvalue weighted by atomic mass is 127. The Bertz CT molecular complexity index is 474. The van der Waals surface area contributed by atoms with Crippen LogP contribution in [0.15, 0.2) is 40.8 Å². The van der Waals surface area contributed by atoms with Crippen molar-refractivity contribution < 1.29 is 14.3 Å². The van der Waals surface area contributed by atoms with E-state index in [1.165, 1.54) is 6.92 Å². The Labute approximate surface area is 133 Å². The minimum absolute atomic E-state index is 0.0935. The normalized spacial score (nSPS) is 24.4. The fourth-order valence-corrected chi connectivity index (χ4v) is 2.13. The van der Waals surface area contributed by atoms with Crippen LogP contribution in [0.1, 0.15) is 34.1 Å². The van der Waals surface area contributed by atoms with Gasteiger partial charge in [0.15, 0.2) is 0 Å². The van der Waals surface area contributed by atoms with E-state index in [4.69, 9.17) is 9.47 Å². The van der Waals surface area contributed by atoms with Crippen molar-refractivity contribution in [2.75, 3.05) is 0 Å². The third-order valence-corrected chi connectivity index (χ3v) is 3.00. The molecule has 20 heavy (non-hydrogen) atoms. The molecule has 0 radical (unpaired) electrons. The number of aliphatic imine (C=N–C) groups is 1. The molecule has 0 aromatic heterocycles. The summed E-state index contributed by atoms with van der Waals surface area (Å²) in [5, 5.41) is 0. The van der Waals surface area contributed by atoms with Crippen LogP contribution in [-0.2, 0) is 14.3 Å². The van der Waals surface area contributed by atoms with Gasteiger partial charge < -0.3 is 9.47 Å². The molecule has 2 atom stereocenters. The molecule has 0 aromatic carbocycles. The number of hydrogen-bond acceptors (Lipinski definition) is 4. The van der Waals surface area contributed by atoms with Crippen LogP contribution in [0.25, 0.3) is 0 Å². The molecule has 0 aliphatic carbocycles. The number of halogens is 1. The van der Waals surface area contributed by atoms with E-state index in [-0.39, 0.29) is 18.2 Å². The van der Waals surface area contributed by atoms with Gasteiger partial charge in [-0.3, -0.25) is 4.79 Å². The summed E-state index contributed by atoms with van der Waals surface area (Å²) in [6.45, 7) is 7.31. The Kier molecular flexibility index (Phi) is 6.98. The molecule has 1 heterocycles.